The first-order valence-corrected chi connectivity index (χ1v) is 5.20. The Labute approximate surface area is 109 Å². The predicted molar refractivity (Wildman–Crippen MR) is 69.5 cm³/mol. The molecule has 0 aliphatic heterocycles. The number of carbonyl (C=O) groups excluding carboxylic acids is 2. The van der Waals surface area contributed by atoms with Crippen LogP contribution in [0.4, 0.5) is 4.79 Å². The van der Waals surface area contributed by atoms with Crippen molar-refractivity contribution in [2.45, 2.75) is 0 Å². The van der Waals surface area contributed by atoms with Gasteiger partial charge in [0.05, 0.1) is 13.3 Å². The van der Waals surface area contributed by atoms with Gasteiger partial charge < -0.3 is 15.6 Å². The number of hydrogen-bond donors (Lipinski definition) is 3. The molecule has 0 aliphatic rings. The molecule has 0 saturated heterocycles. The van der Waals surface area contributed by atoms with Crippen LogP contribution in [-0.4, -0.2) is 30.4 Å². The Morgan fingerprint density at radius 1 is 1.47 bits per heavy atom. The van der Waals surface area contributed by atoms with E-state index < -0.39 is 12.0 Å². The fourth-order valence-corrected chi connectivity index (χ4v) is 1.18. The molecule has 0 unspecified atom stereocenters. The van der Waals surface area contributed by atoms with E-state index in [2.05, 4.69) is 9.84 Å². The molecule has 0 radical (unpaired) electrons. The Morgan fingerprint density at radius 2 is 2.21 bits per heavy atom. The number of hydrogen-bond acceptors (Lipinski definition) is 5. The molecule has 1 aromatic rings. The molecule has 7 nitrogen and oxygen atoms in total. The largest absolute Gasteiger partial charge is 0.507 e. The zero-order valence-electron chi connectivity index (χ0n) is 10.2. The average molecular weight is 263 g/mol. The number of nitrogens with zero attached hydrogens (tertiary/aromatic N) is 1. The number of methoxy groups -OCH3 is 1. The summed E-state index contributed by atoms with van der Waals surface area (Å²) >= 11 is 0. The maximum atomic E-state index is 10.9. The second-order valence-electron chi connectivity index (χ2n) is 3.41. The monoisotopic (exact) mass is 263 g/mol. The van der Waals surface area contributed by atoms with Gasteiger partial charge in [0.25, 0.3) is 0 Å². The molecule has 0 bridgehead atoms. The van der Waals surface area contributed by atoms with Crippen LogP contribution >= 0.6 is 0 Å². The maximum Gasteiger partial charge on any atom is 0.332 e. The van der Waals surface area contributed by atoms with Gasteiger partial charge in [0, 0.05) is 11.6 Å². The summed E-state index contributed by atoms with van der Waals surface area (Å²) < 4.78 is 4.45. The third-order valence-electron chi connectivity index (χ3n) is 2.04. The third kappa shape index (κ3) is 4.90. The SMILES string of the molecule is COC(=O)C=Cc1ccc(O)c(C=NNC(N)=O)c1. The molecule has 4 N–H and O–H groups in total. The molecular weight excluding hydrogens is 250 g/mol. The van der Waals surface area contributed by atoms with Crippen LogP contribution in [0.15, 0.2) is 29.4 Å². The fraction of sp³-hybridized carbons (Fsp3) is 0.0833. The van der Waals surface area contributed by atoms with Crippen molar-refractivity contribution in [1.82, 2.24) is 5.43 Å². The minimum atomic E-state index is -0.808. The molecular formula is C12H13N3O4. The normalized spacial score (nSPS) is 10.8. The summed E-state index contributed by atoms with van der Waals surface area (Å²) in [7, 11) is 1.27. The van der Waals surface area contributed by atoms with E-state index in [-0.39, 0.29) is 5.75 Å². The Morgan fingerprint density at radius 3 is 2.84 bits per heavy atom. The second-order valence-corrected chi connectivity index (χ2v) is 3.41. The van der Waals surface area contributed by atoms with Crippen molar-refractivity contribution in [3.8, 4) is 5.75 Å². The number of rotatable bonds is 4. The molecule has 19 heavy (non-hydrogen) atoms. The number of nitrogens with two attached hydrogens (primary N) is 1. The highest BCUT2D eigenvalue weighted by molar-refractivity contribution is 5.89. The lowest BCUT2D eigenvalue weighted by molar-refractivity contribution is -0.134. The van der Waals surface area contributed by atoms with Crippen LogP contribution in [0.1, 0.15) is 11.1 Å². The van der Waals surface area contributed by atoms with Gasteiger partial charge in [-0.05, 0) is 23.8 Å². The molecule has 0 fully saturated rings. The maximum absolute atomic E-state index is 10.9. The lowest BCUT2D eigenvalue weighted by Gasteiger charge is -2.00. The second kappa shape index (κ2) is 6.80. The van der Waals surface area contributed by atoms with Gasteiger partial charge in [0.2, 0.25) is 0 Å². The van der Waals surface area contributed by atoms with Crippen molar-refractivity contribution in [3.63, 3.8) is 0 Å². The smallest absolute Gasteiger partial charge is 0.332 e. The highest BCUT2D eigenvalue weighted by Crippen LogP contribution is 2.17. The van der Waals surface area contributed by atoms with Crippen LogP contribution in [-0.2, 0) is 9.53 Å². The number of primary amides is 1. The zero-order chi connectivity index (χ0) is 14.3. The lowest BCUT2D eigenvalue weighted by atomic mass is 10.1. The van der Waals surface area contributed by atoms with Crippen LogP contribution in [0, 0.1) is 0 Å². The van der Waals surface area contributed by atoms with Gasteiger partial charge in [-0.1, -0.05) is 6.07 Å². The number of aromatic hydroxyl groups is 1. The van der Waals surface area contributed by atoms with Crippen molar-refractivity contribution < 1.29 is 19.4 Å². The number of phenols is 1. The number of urea groups is 1. The summed E-state index contributed by atoms with van der Waals surface area (Å²) in [5, 5.41) is 13.1. The fourth-order valence-electron chi connectivity index (χ4n) is 1.18. The Kier molecular flexibility index (Phi) is 5.09. The van der Waals surface area contributed by atoms with Crippen molar-refractivity contribution in [2.24, 2.45) is 10.8 Å². The van der Waals surface area contributed by atoms with Crippen molar-refractivity contribution in [1.29, 1.82) is 0 Å². The van der Waals surface area contributed by atoms with Gasteiger partial charge in [-0.3, -0.25) is 0 Å². The number of amides is 2. The van der Waals surface area contributed by atoms with E-state index in [0.29, 0.717) is 11.1 Å². The molecule has 1 aromatic carbocycles. The van der Waals surface area contributed by atoms with Crippen molar-refractivity contribution in [2.75, 3.05) is 7.11 Å². The van der Waals surface area contributed by atoms with E-state index in [1.807, 2.05) is 5.43 Å². The lowest BCUT2D eigenvalue weighted by Crippen LogP contribution is -2.24. The van der Waals surface area contributed by atoms with Crippen LogP contribution in [0.5, 0.6) is 5.75 Å². The number of benzene rings is 1. The molecule has 1 rings (SSSR count). The minimum absolute atomic E-state index is 0.0229. The minimum Gasteiger partial charge on any atom is -0.507 e. The van der Waals surface area contributed by atoms with Gasteiger partial charge in [-0.2, -0.15) is 5.10 Å². The molecule has 0 spiro atoms. The summed E-state index contributed by atoms with van der Waals surface area (Å²) in [5.41, 5.74) is 7.86. The number of ether oxygens (including phenoxy) is 1. The quantitative estimate of drug-likeness (QED) is 0.319. The molecule has 0 aliphatic carbocycles. The van der Waals surface area contributed by atoms with E-state index in [0.717, 1.165) is 0 Å². The van der Waals surface area contributed by atoms with Crippen LogP contribution in [0.25, 0.3) is 6.08 Å². The van der Waals surface area contributed by atoms with E-state index in [1.54, 1.807) is 12.1 Å². The van der Waals surface area contributed by atoms with E-state index in [4.69, 9.17) is 5.73 Å². The van der Waals surface area contributed by atoms with Gasteiger partial charge in [-0.15, -0.1) is 0 Å². The standard InChI is InChI=1S/C12H13N3O4/c1-19-11(17)5-3-8-2-4-10(16)9(6-8)7-14-15-12(13)18/h2-7,16H,1H3,(H3,13,15,18). The predicted octanol–water partition coefficient (Wildman–Crippen LogP) is 0.581. The first-order valence-electron chi connectivity index (χ1n) is 5.20. The number of hydrazone groups is 1. The summed E-state index contributed by atoms with van der Waals surface area (Å²) in [6.45, 7) is 0. The first kappa shape index (κ1) is 14.2. The Hall–Kier alpha value is -2.83. The van der Waals surface area contributed by atoms with Crippen molar-refractivity contribution in [3.05, 3.63) is 35.4 Å². The summed E-state index contributed by atoms with van der Waals surface area (Å²) in [5.74, 6) is -0.510. The molecule has 0 aromatic heterocycles. The summed E-state index contributed by atoms with van der Waals surface area (Å²) in [6, 6.07) is 3.80. The Balaban J connectivity index is 2.88. The van der Waals surface area contributed by atoms with Gasteiger partial charge in [0.15, 0.2) is 0 Å². The molecule has 7 heteroatoms. The summed E-state index contributed by atoms with van der Waals surface area (Å²) in [6.07, 6.45) is 3.99. The molecule has 0 saturated carbocycles. The summed E-state index contributed by atoms with van der Waals surface area (Å²) in [4.78, 5) is 21.4. The number of nitrogens with one attached hydrogen (secondary N) is 1. The zero-order valence-corrected chi connectivity index (χ0v) is 10.2. The average Bonchev–Trinajstić information content (AvgIpc) is 2.38. The van der Waals surface area contributed by atoms with E-state index in [9.17, 15) is 14.7 Å². The van der Waals surface area contributed by atoms with Crippen LogP contribution < -0.4 is 11.2 Å². The number of carbonyl (C=O) groups is 2. The van der Waals surface area contributed by atoms with E-state index in [1.165, 1.54) is 31.5 Å². The highest BCUT2D eigenvalue weighted by Gasteiger charge is 2.00. The van der Waals surface area contributed by atoms with Gasteiger partial charge in [0.1, 0.15) is 5.75 Å². The Bertz CT molecular complexity index is 538. The third-order valence-corrected chi connectivity index (χ3v) is 2.04. The van der Waals surface area contributed by atoms with Crippen molar-refractivity contribution >= 4 is 24.3 Å². The van der Waals surface area contributed by atoms with Gasteiger partial charge >= 0.3 is 12.0 Å². The number of esters is 1. The highest BCUT2D eigenvalue weighted by atomic mass is 16.5. The first-order chi connectivity index (χ1) is 9.02. The van der Waals surface area contributed by atoms with Crippen LogP contribution in [0.3, 0.4) is 0 Å². The molecule has 0 heterocycles. The topological polar surface area (TPSA) is 114 Å². The van der Waals surface area contributed by atoms with E-state index >= 15 is 0 Å². The number of phenolic OH excluding ortho intramolecular Hbond substituents is 1. The molecule has 0 atom stereocenters. The molecule has 100 valence electrons. The molecule has 2 amide bonds. The van der Waals surface area contributed by atoms with Crippen LogP contribution in [0.2, 0.25) is 0 Å². The van der Waals surface area contributed by atoms with Gasteiger partial charge in [-0.25, -0.2) is 15.0 Å².